The largest absolute Gasteiger partial charge is 0.222 e. The van der Waals surface area contributed by atoms with Crippen LogP contribution in [-0.4, -0.2) is 4.98 Å². The number of thiazole rings is 1. The smallest absolute Gasteiger partial charge is 0.154 e. The van der Waals surface area contributed by atoms with Gasteiger partial charge in [0.2, 0.25) is 0 Å². The molecule has 1 aromatic rings. The molecule has 1 rings (SSSR count). The van der Waals surface area contributed by atoms with Crippen LogP contribution in [-0.2, 0) is 0 Å². The second kappa shape index (κ2) is 1.58. The van der Waals surface area contributed by atoms with Gasteiger partial charge in [0.05, 0.1) is 0 Å². The predicted molar refractivity (Wildman–Crippen MR) is 26.0 cm³/mol. The Labute approximate surface area is 44.6 Å². The molecule has 0 bridgehead atoms. The Morgan fingerprint density at radius 2 is 2.83 bits per heavy atom. The Hall–Kier alpha value is -0.0800. The lowest BCUT2D eigenvalue weighted by Crippen LogP contribution is -1.50. The van der Waals surface area contributed by atoms with Gasteiger partial charge in [0.1, 0.15) is 5.15 Å². The first-order chi connectivity index (χ1) is 2.89. The highest BCUT2D eigenvalue weighted by atomic mass is 35.5. The highest BCUT2D eigenvalue weighted by molar-refractivity contribution is 7.07. The molecule has 1 nitrogen and oxygen atoms in total. The van der Waals surface area contributed by atoms with E-state index in [0.717, 1.165) is 0 Å². The van der Waals surface area contributed by atoms with Crippen LogP contribution in [0.5, 0.6) is 0 Å². The molecule has 0 aliphatic carbocycles. The molecular weight excluding hydrogens is 118 g/mol. The zero-order valence-corrected chi connectivity index (χ0v) is 4.38. The van der Waals surface area contributed by atoms with Gasteiger partial charge in [-0.2, -0.15) is 0 Å². The van der Waals surface area contributed by atoms with Crippen molar-refractivity contribution in [3.05, 3.63) is 16.0 Å². The summed E-state index contributed by atoms with van der Waals surface area (Å²) in [6.45, 7) is 0. The molecule has 3 heteroatoms. The molecule has 6 heavy (non-hydrogen) atoms. The van der Waals surface area contributed by atoms with E-state index < -0.39 is 0 Å². The Morgan fingerprint density at radius 1 is 2.00 bits per heavy atom. The molecule has 0 saturated carbocycles. The molecule has 0 saturated heterocycles. The van der Waals surface area contributed by atoms with E-state index in [1.165, 1.54) is 11.3 Å². The van der Waals surface area contributed by atoms with Crippen LogP contribution in [0.2, 0.25) is 5.15 Å². The molecule has 1 aromatic heterocycles. The second-order valence-electron chi connectivity index (χ2n) is 0.762. The number of hydrogen-bond acceptors (Lipinski definition) is 2. The van der Waals surface area contributed by atoms with Gasteiger partial charge in [-0.25, -0.2) is 4.98 Å². The standard InChI is InChI=1S/C3HClNS/c4-3-1-6-2-5-3/h1H. The summed E-state index contributed by atoms with van der Waals surface area (Å²) in [5, 5.41) is 2.25. The summed E-state index contributed by atoms with van der Waals surface area (Å²) in [6, 6.07) is 0. The summed E-state index contributed by atoms with van der Waals surface area (Å²) in [6.07, 6.45) is 0. The van der Waals surface area contributed by atoms with Crippen LogP contribution in [0, 0.1) is 5.51 Å². The average Bonchev–Trinajstić information content (AvgIpc) is 1.86. The molecule has 0 aromatic carbocycles. The zero-order chi connectivity index (χ0) is 4.41. The predicted octanol–water partition coefficient (Wildman–Crippen LogP) is 1.60. The van der Waals surface area contributed by atoms with Crippen molar-refractivity contribution in [2.24, 2.45) is 0 Å². The third-order valence-electron chi connectivity index (χ3n) is 0.361. The fraction of sp³-hybridized carbons (Fsp3) is 0. The maximum absolute atomic E-state index is 5.32. The molecule has 0 amide bonds. The van der Waals surface area contributed by atoms with E-state index in [-0.39, 0.29) is 0 Å². The first kappa shape index (κ1) is 4.09. The minimum atomic E-state index is 0.528. The Balaban J connectivity index is 3.05. The van der Waals surface area contributed by atoms with Gasteiger partial charge in [-0.05, 0) is 0 Å². The summed E-state index contributed by atoms with van der Waals surface area (Å²) in [5.74, 6) is 0. The summed E-state index contributed by atoms with van der Waals surface area (Å²) in [5.41, 5.74) is 2.59. The third-order valence-corrected chi connectivity index (χ3v) is 1.22. The zero-order valence-electron chi connectivity index (χ0n) is 2.81. The highest BCUT2D eigenvalue weighted by Crippen LogP contribution is 2.04. The second-order valence-corrected chi connectivity index (χ2v) is 1.80. The molecule has 0 aliphatic heterocycles. The van der Waals surface area contributed by atoms with Gasteiger partial charge in [-0.15, -0.1) is 11.3 Å². The van der Waals surface area contributed by atoms with Crippen molar-refractivity contribution in [2.75, 3.05) is 0 Å². The first-order valence-corrected chi connectivity index (χ1v) is 2.62. The van der Waals surface area contributed by atoms with Crippen LogP contribution in [0.15, 0.2) is 5.38 Å². The van der Waals surface area contributed by atoms with Gasteiger partial charge < -0.3 is 0 Å². The molecule has 1 heterocycles. The van der Waals surface area contributed by atoms with Crippen LogP contribution in [0.1, 0.15) is 0 Å². The van der Waals surface area contributed by atoms with Crippen LogP contribution < -0.4 is 0 Å². The van der Waals surface area contributed by atoms with Gasteiger partial charge >= 0.3 is 0 Å². The minimum Gasteiger partial charge on any atom is -0.222 e. The van der Waals surface area contributed by atoms with Gasteiger partial charge in [0.25, 0.3) is 0 Å². The first-order valence-electron chi connectivity index (χ1n) is 1.36. The maximum Gasteiger partial charge on any atom is 0.154 e. The molecular formula is C3HClNS. The highest BCUT2D eigenvalue weighted by Gasteiger charge is 1.80. The number of rotatable bonds is 0. The maximum atomic E-state index is 5.32. The van der Waals surface area contributed by atoms with Gasteiger partial charge in [-0.3, -0.25) is 0 Å². The Morgan fingerprint density at radius 3 is 3.00 bits per heavy atom. The Bertz CT molecular complexity index is 114. The molecule has 0 atom stereocenters. The van der Waals surface area contributed by atoms with Crippen molar-refractivity contribution in [3.63, 3.8) is 0 Å². The fourth-order valence-electron chi connectivity index (χ4n) is 0.171. The van der Waals surface area contributed by atoms with Gasteiger partial charge in [0, 0.05) is 5.38 Å². The van der Waals surface area contributed by atoms with E-state index in [1.807, 2.05) is 0 Å². The number of nitrogens with zero attached hydrogens (tertiary/aromatic N) is 1. The van der Waals surface area contributed by atoms with Crippen LogP contribution in [0.3, 0.4) is 0 Å². The van der Waals surface area contributed by atoms with Gasteiger partial charge in [0.15, 0.2) is 5.51 Å². The normalized spacial score (nSPS) is 8.83. The SMILES string of the molecule is Clc1cs[c]n1. The lowest BCUT2D eigenvalue weighted by atomic mass is 11.0. The van der Waals surface area contributed by atoms with E-state index in [4.69, 9.17) is 11.6 Å². The van der Waals surface area contributed by atoms with Crippen molar-refractivity contribution < 1.29 is 0 Å². The van der Waals surface area contributed by atoms with Crippen molar-refractivity contribution >= 4 is 22.9 Å². The lowest BCUT2D eigenvalue weighted by molar-refractivity contribution is 1.41. The Kier molecular flexibility index (Phi) is 1.08. The van der Waals surface area contributed by atoms with Crippen molar-refractivity contribution in [3.8, 4) is 0 Å². The lowest BCUT2D eigenvalue weighted by Gasteiger charge is -1.60. The van der Waals surface area contributed by atoms with Crippen molar-refractivity contribution in [1.82, 2.24) is 4.98 Å². The summed E-state index contributed by atoms with van der Waals surface area (Å²) < 4.78 is 0. The minimum absolute atomic E-state index is 0.528. The average molecular weight is 119 g/mol. The number of hydrogen-bond donors (Lipinski definition) is 0. The van der Waals surface area contributed by atoms with Crippen molar-refractivity contribution in [1.29, 1.82) is 0 Å². The monoisotopic (exact) mass is 118 g/mol. The number of halogens is 1. The topological polar surface area (TPSA) is 12.9 Å². The third kappa shape index (κ3) is 0.698. The van der Waals surface area contributed by atoms with Crippen LogP contribution >= 0.6 is 22.9 Å². The van der Waals surface area contributed by atoms with E-state index in [0.29, 0.717) is 5.15 Å². The number of aromatic nitrogens is 1. The van der Waals surface area contributed by atoms with E-state index >= 15 is 0 Å². The fourth-order valence-corrected chi connectivity index (χ4v) is 0.751. The molecule has 0 unspecified atom stereocenters. The van der Waals surface area contributed by atoms with E-state index in [1.54, 1.807) is 5.38 Å². The summed E-state index contributed by atoms with van der Waals surface area (Å²) >= 11 is 6.69. The molecule has 0 fully saturated rings. The molecule has 0 aliphatic rings. The molecule has 31 valence electrons. The van der Waals surface area contributed by atoms with Gasteiger partial charge in [-0.1, -0.05) is 11.6 Å². The molecule has 0 spiro atoms. The van der Waals surface area contributed by atoms with E-state index in [9.17, 15) is 0 Å². The molecule has 0 N–H and O–H groups in total. The van der Waals surface area contributed by atoms with Crippen LogP contribution in [0.25, 0.3) is 0 Å². The summed E-state index contributed by atoms with van der Waals surface area (Å²) in [7, 11) is 0. The summed E-state index contributed by atoms with van der Waals surface area (Å²) in [4.78, 5) is 3.58. The molecule has 1 radical (unpaired) electrons. The van der Waals surface area contributed by atoms with Crippen LogP contribution in [0.4, 0.5) is 0 Å². The van der Waals surface area contributed by atoms with E-state index in [2.05, 4.69) is 10.5 Å². The van der Waals surface area contributed by atoms with Crippen molar-refractivity contribution in [2.45, 2.75) is 0 Å². The quantitative estimate of drug-likeness (QED) is 0.504.